The van der Waals surface area contributed by atoms with Gasteiger partial charge in [-0.1, -0.05) is 29.8 Å². The van der Waals surface area contributed by atoms with Crippen LogP contribution >= 0.6 is 23.2 Å². The summed E-state index contributed by atoms with van der Waals surface area (Å²) in [6, 6.07) is 7.12. The number of alkyl carbamates (subject to hydrolysis) is 1. The van der Waals surface area contributed by atoms with Crippen molar-refractivity contribution in [3.63, 3.8) is 0 Å². The number of ether oxygens (including phenoxy) is 1. The van der Waals surface area contributed by atoms with E-state index in [1.54, 1.807) is 0 Å². The molecule has 0 radical (unpaired) electrons. The molecule has 0 aliphatic rings. The maximum atomic E-state index is 11.1. The first-order valence-electron chi connectivity index (χ1n) is 4.73. The second-order valence-electron chi connectivity index (χ2n) is 3.36. The summed E-state index contributed by atoms with van der Waals surface area (Å²) in [5, 5.41) is 2.58. The molecule has 0 heterocycles. The minimum Gasteiger partial charge on any atom is -0.453 e. The molecule has 0 aliphatic heterocycles. The Morgan fingerprint density at radius 3 is 2.31 bits per heavy atom. The molecule has 0 saturated carbocycles. The third kappa shape index (κ3) is 3.58. The van der Waals surface area contributed by atoms with Crippen molar-refractivity contribution in [1.29, 1.82) is 0 Å². The molecule has 5 heteroatoms. The van der Waals surface area contributed by atoms with Crippen molar-refractivity contribution in [3.8, 4) is 0 Å². The van der Waals surface area contributed by atoms with Crippen LogP contribution in [-0.2, 0) is 4.74 Å². The first kappa shape index (κ1) is 13.1. The van der Waals surface area contributed by atoms with E-state index in [0.29, 0.717) is 0 Å². The summed E-state index contributed by atoms with van der Waals surface area (Å²) in [7, 11) is 1.29. The summed E-state index contributed by atoms with van der Waals surface area (Å²) in [4.78, 5) is 10.4. The van der Waals surface area contributed by atoms with E-state index < -0.39 is 17.0 Å². The van der Waals surface area contributed by atoms with Gasteiger partial charge >= 0.3 is 6.09 Å². The van der Waals surface area contributed by atoms with Gasteiger partial charge in [-0.25, -0.2) is 4.79 Å². The Morgan fingerprint density at radius 2 is 1.88 bits per heavy atom. The molecule has 1 unspecified atom stereocenters. The highest BCUT2D eigenvalue weighted by atomic mass is 35.5. The maximum absolute atomic E-state index is 11.1. The van der Waals surface area contributed by atoms with E-state index in [2.05, 4.69) is 10.1 Å². The lowest BCUT2D eigenvalue weighted by molar-refractivity contribution is 0.167. The quantitative estimate of drug-likeness (QED) is 0.849. The molecule has 0 aromatic heterocycles. The number of rotatable bonds is 3. The Balaban J connectivity index is 2.85. The molecule has 1 aromatic carbocycles. The number of halogens is 2. The van der Waals surface area contributed by atoms with Crippen molar-refractivity contribution < 1.29 is 9.53 Å². The second-order valence-corrected chi connectivity index (χ2v) is 4.52. The fourth-order valence-corrected chi connectivity index (χ4v) is 1.67. The Kier molecular flexibility index (Phi) is 4.90. The van der Waals surface area contributed by atoms with E-state index in [1.165, 1.54) is 7.11 Å². The topological polar surface area (TPSA) is 38.3 Å². The van der Waals surface area contributed by atoms with Crippen LogP contribution in [0.4, 0.5) is 4.79 Å². The number of hydrogen-bond donors (Lipinski definition) is 1. The number of benzene rings is 1. The molecule has 16 heavy (non-hydrogen) atoms. The Hall–Kier alpha value is -0.930. The van der Waals surface area contributed by atoms with Crippen molar-refractivity contribution in [3.05, 3.63) is 35.4 Å². The fraction of sp³-hybridized carbons (Fsp3) is 0.364. The monoisotopic (exact) mass is 261 g/mol. The number of methoxy groups -OCH3 is 1. The van der Waals surface area contributed by atoms with Crippen molar-refractivity contribution in [2.24, 2.45) is 0 Å². The number of carbonyl (C=O) groups is 1. The van der Waals surface area contributed by atoms with Crippen LogP contribution in [0.5, 0.6) is 0 Å². The van der Waals surface area contributed by atoms with Gasteiger partial charge in [-0.3, -0.25) is 0 Å². The molecule has 1 rings (SSSR count). The van der Waals surface area contributed by atoms with Crippen molar-refractivity contribution in [2.75, 3.05) is 7.11 Å². The minimum atomic E-state index is -0.734. The van der Waals surface area contributed by atoms with Crippen molar-refractivity contribution in [2.45, 2.75) is 17.8 Å². The molecule has 0 saturated heterocycles. The zero-order valence-corrected chi connectivity index (χ0v) is 10.5. The average Bonchev–Trinajstić information content (AvgIpc) is 2.26. The molecule has 1 aromatic rings. The van der Waals surface area contributed by atoms with Gasteiger partial charge in [0, 0.05) is 0 Å². The van der Waals surface area contributed by atoms with E-state index in [-0.39, 0.29) is 0 Å². The summed E-state index contributed by atoms with van der Waals surface area (Å²) in [5.74, 6) is 0. The lowest BCUT2D eigenvalue weighted by Crippen LogP contribution is -2.32. The molecule has 3 nitrogen and oxygen atoms in total. The maximum Gasteiger partial charge on any atom is 0.407 e. The van der Waals surface area contributed by atoms with E-state index in [9.17, 15) is 4.79 Å². The van der Waals surface area contributed by atoms with Gasteiger partial charge in [0.15, 0.2) is 0 Å². The molecule has 0 spiro atoms. The van der Waals surface area contributed by atoms with Gasteiger partial charge in [0.2, 0.25) is 0 Å². The first-order valence-corrected chi connectivity index (χ1v) is 5.61. The number of alkyl halides is 2. The molecule has 1 atom stereocenters. The standard InChI is InChI=1S/C11H13Cl2NO2/c1-7-3-5-8(6-4-7)9(10(12)13)14-11(15)16-2/h3-6,9-10H,1-2H3,(H,14,15). The zero-order valence-electron chi connectivity index (χ0n) is 9.04. The lowest BCUT2D eigenvalue weighted by Gasteiger charge is -2.19. The smallest absolute Gasteiger partial charge is 0.407 e. The molecular weight excluding hydrogens is 249 g/mol. The number of aryl methyl sites for hydroxylation is 1. The van der Waals surface area contributed by atoms with Gasteiger partial charge in [-0.15, -0.1) is 23.2 Å². The van der Waals surface area contributed by atoms with Gasteiger partial charge in [0.05, 0.1) is 13.2 Å². The summed E-state index contributed by atoms with van der Waals surface area (Å²) in [6.07, 6.45) is -0.558. The van der Waals surface area contributed by atoms with E-state index in [4.69, 9.17) is 23.2 Å². The van der Waals surface area contributed by atoms with Crippen LogP contribution in [0.3, 0.4) is 0 Å². The second kappa shape index (κ2) is 5.97. The molecule has 0 aliphatic carbocycles. The summed E-state index contributed by atoms with van der Waals surface area (Å²) >= 11 is 11.6. The van der Waals surface area contributed by atoms with Crippen molar-refractivity contribution >= 4 is 29.3 Å². The van der Waals surface area contributed by atoms with Crippen LogP contribution in [0.2, 0.25) is 0 Å². The average molecular weight is 262 g/mol. The Bertz CT molecular complexity index is 352. The Labute approximate surface area is 105 Å². The fourth-order valence-electron chi connectivity index (χ4n) is 1.25. The van der Waals surface area contributed by atoms with Crippen LogP contribution in [0.25, 0.3) is 0 Å². The van der Waals surface area contributed by atoms with Crippen molar-refractivity contribution in [1.82, 2.24) is 5.32 Å². The lowest BCUT2D eigenvalue weighted by atomic mass is 10.1. The molecule has 0 bridgehead atoms. The van der Waals surface area contributed by atoms with Crippen LogP contribution in [-0.4, -0.2) is 18.0 Å². The zero-order chi connectivity index (χ0) is 12.1. The SMILES string of the molecule is COC(=O)NC(c1ccc(C)cc1)C(Cl)Cl. The Morgan fingerprint density at radius 1 is 1.31 bits per heavy atom. The van der Waals surface area contributed by atoms with Crippen LogP contribution in [0.15, 0.2) is 24.3 Å². The molecule has 0 fully saturated rings. The highest BCUT2D eigenvalue weighted by Crippen LogP contribution is 2.24. The predicted octanol–water partition coefficient (Wildman–Crippen LogP) is 3.20. The van der Waals surface area contributed by atoms with Gasteiger partial charge in [-0.05, 0) is 12.5 Å². The minimum absolute atomic E-state index is 0.476. The van der Waals surface area contributed by atoms with Gasteiger partial charge in [0.1, 0.15) is 4.84 Å². The van der Waals surface area contributed by atoms with Gasteiger partial charge in [-0.2, -0.15) is 0 Å². The van der Waals surface area contributed by atoms with Gasteiger partial charge in [0.25, 0.3) is 0 Å². The third-order valence-electron chi connectivity index (χ3n) is 2.15. The first-order chi connectivity index (χ1) is 7.54. The largest absolute Gasteiger partial charge is 0.453 e. The van der Waals surface area contributed by atoms with Crippen LogP contribution < -0.4 is 5.32 Å². The van der Waals surface area contributed by atoms with E-state index >= 15 is 0 Å². The number of carbonyl (C=O) groups excluding carboxylic acids is 1. The summed E-state index contributed by atoms with van der Waals surface area (Å²) in [5.41, 5.74) is 1.97. The van der Waals surface area contributed by atoms with Crippen LogP contribution in [0, 0.1) is 6.92 Å². The molecular formula is C11H13Cl2NO2. The van der Waals surface area contributed by atoms with Gasteiger partial charge < -0.3 is 10.1 Å². The predicted molar refractivity (Wildman–Crippen MR) is 65.0 cm³/mol. The summed E-state index contributed by atoms with van der Waals surface area (Å²) < 4.78 is 4.51. The highest BCUT2D eigenvalue weighted by molar-refractivity contribution is 6.44. The number of amides is 1. The molecule has 88 valence electrons. The third-order valence-corrected chi connectivity index (χ3v) is 2.65. The summed E-state index contributed by atoms with van der Waals surface area (Å²) in [6.45, 7) is 1.98. The van der Waals surface area contributed by atoms with Crippen LogP contribution in [0.1, 0.15) is 17.2 Å². The number of nitrogens with one attached hydrogen (secondary N) is 1. The number of hydrogen-bond acceptors (Lipinski definition) is 2. The van der Waals surface area contributed by atoms with E-state index in [1.807, 2.05) is 31.2 Å². The molecule has 1 amide bonds. The highest BCUT2D eigenvalue weighted by Gasteiger charge is 2.21. The molecule has 1 N–H and O–H groups in total. The normalized spacial score (nSPS) is 12.3. The van der Waals surface area contributed by atoms with E-state index in [0.717, 1.165) is 11.1 Å².